The van der Waals surface area contributed by atoms with Gasteiger partial charge in [-0.15, -0.1) is 0 Å². The zero-order valence-corrected chi connectivity index (χ0v) is 12.1. The van der Waals surface area contributed by atoms with Gasteiger partial charge in [0.25, 0.3) is 0 Å². The highest BCUT2D eigenvalue weighted by atomic mass is 16.5. The summed E-state index contributed by atoms with van der Waals surface area (Å²) in [5, 5.41) is 9.30. The topological polar surface area (TPSA) is 66.8 Å². The fourth-order valence-corrected chi connectivity index (χ4v) is 2.56. The monoisotopic (exact) mass is 269 g/mol. The van der Waals surface area contributed by atoms with Gasteiger partial charge in [0.2, 0.25) is 0 Å². The molecule has 1 fully saturated rings. The molecule has 1 N–H and O–H groups in total. The molecule has 2 unspecified atom stereocenters. The lowest BCUT2D eigenvalue weighted by Crippen LogP contribution is -2.57. The molecule has 108 valence electrons. The van der Waals surface area contributed by atoms with Gasteiger partial charge in [0.1, 0.15) is 6.10 Å². The van der Waals surface area contributed by atoms with Crippen LogP contribution in [0.4, 0.5) is 4.79 Å². The van der Waals surface area contributed by atoms with Crippen LogP contribution in [0.1, 0.15) is 40.5 Å². The molecule has 0 spiro atoms. The van der Waals surface area contributed by atoms with E-state index >= 15 is 0 Å². The van der Waals surface area contributed by atoms with Gasteiger partial charge in [0.15, 0.2) is 0 Å². The minimum atomic E-state index is -0.962. The summed E-state index contributed by atoms with van der Waals surface area (Å²) in [6.07, 6.45) is 0.0163. The van der Waals surface area contributed by atoms with Gasteiger partial charge in [0.05, 0.1) is 6.04 Å². The molecular formula is C14H23NO4. The summed E-state index contributed by atoms with van der Waals surface area (Å²) < 4.78 is 5.43. The minimum absolute atomic E-state index is 0.293. The van der Waals surface area contributed by atoms with Crippen LogP contribution in [0.2, 0.25) is 0 Å². The van der Waals surface area contributed by atoms with E-state index in [1.54, 1.807) is 6.92 Å². The quantitative estimate of drug-likeness (QED) is 0.618. The van der Waals surface area contributed by atoms with Crippen molar-refractivity contribution in [2.24, 2.45) is 5.41 Å². The number of carbonyl (C=O) groups excluding carboxylic acids is 1. The third-order valence-corrected chi connectivity index (χ3v) is 3.32. The van der Waals surface area contributed by atoms with Crippen LogP contribution in [0.3, 0.4) is 0 Å². The van der Waals surface area contributed by atoms with Crippen LogP contribution >= 0.6 is 0 Å². The van der Waals surface area contributed by atoms with Gasteiger partial charge in [-0.3, -0.25) is 0 Å². The van der Waals surface area contributed by atoms with Crippen molar-refractivity contribution in [1.29, 1.82) is 0 Å². The van der Waals surface area contributed by atoms with E-state index in [2.05, 4.69) is 6.58 Å². The van der Waals surface area contributed by atoms with Crippen LogP contribution in [-0.4, -0.2) is 40.8 Å². The fraction of sp³-hybridized carbons (Fsp3) is 0.714. The van der Waals surface area contributed by atoms with Crippen molar-refractivity contribution in [3.05, 3.63) is 12.2 Å². The first kappa shape index (κ1) is 15.5. The molecule has 1 amide bonds. The SMILES string of the molecule is C=C(C)C(=O)OC1CCCN(C(=O)O)C1C(C)(C)C. The lowest BCUT2D eigenvalue weighted by atomic mass is 9.79. The highest BCUT2D eigenvalue weighted by Crippen LogP contribution is 2.34. The van der Waals surface area contributed by atoms with E-state index < -0.39 is 18.2 Å². The molecule has 1 rings (SSSR count). The molecule has 19 heavy (non-hydrogen) atoms. The molecule has 1 aliphatic heterocycles. The Hall–Kier alpha value is -1.52. The van der Waals surface area contributed by atoms with Crippen molar-refractivity contribution < 1.29 is 19.4 Å². The van der Waals surface area contributed by atoms with E-state index in [4.69, 9.17) is 4.74 Å². The van der Waals surface area contributed by atoms with Crippen LogP contribution in [0, 0.1) is 5.41 Å². The first-order valence-electron chi connectivity index (χ1n) is 6.50. The number of likely N-dealkylation sites (tertiary alicyclic amines) is 1. The zero-order valence-electron chi connectivity index (χ0n) is 12.1. The maximum atomic E-state index is 11.7. The van der Waals surface area contributed by atoms with Crippen LogP contribution < -0.4 is 0 Å². The van der Waals surface area contributed by atoms with Gasteiger partial charge in [0, 0.05) is 12.1 Å². The normalized spacial score (nSPS) is 23.9. The summed E-state index contributed by atoms with van der Waals surface area (Å²) >= 11 is 0. The Morgan fingerprint density at radius 2 is 1.95 bits per heavy atom. The second-order valence-electron chi connectivity index (χ2n) is 6.15. The van der Waals surface area contributed by atoms with Crippen molar-refractivity contribution in [2.75, 3.05) is 6.54 Å². The predicted molar refractivity (Wildman–Crippen MR) is 71.9 cm³/mol. The molecule has 0 aliphatic carbocycles. The number of carbonyl (C=O) groups is 2. The molecular weight excluding hydrogens is 246 g/mol. The zero-order chi connectivity index (χ0) is 14.8. The van der Waals surface area contributed by atoms with E-state index in [0.29, 0.717) is 25.0 Å². The van der Waals surface area contributed by atoms with Crippen LogP contribution in [0.25, 0.3) is 0 Å². The molecule has 1 heterocycles. The van der Waals surface area contributed by atoms with E-state index in [0.717, 1.165) is 0 Å². The number of amides is 1. The van der Waals surface area contributed by atoms with Crippen molar-refractivity contribution in [3.63, 3.8) is 0 Å². The van der Waals surface area contributed by atoms with Crippen LogP contribution in [0.5, 0.6) is 0 Å². The van der Waals surface area contributed by atoms with Gasteiger partial charge in [-0.1, -0.05) is 27.4 Å². The Morgan fingerprint density at radius 3 is 2.37 bits per heavy atom. The Kier molecular flexibility index (Phi) is 4.61. The molecule has 0 aromatic rings. The number of hydrogen-bond donors (Lipinski definition) is 1. The van der Waals surface area contributed by atoms with E-state index in [1.165, 1.54) is 4.90 Å². The van der Waals surface area contributed by atoms with Crippen molar-refractivity contribution in [3.8, 4) is 0 Å². The molecule has 5 heteroatoms. The largest absolute Gasteiger partial charge is 0.465 e. The van der Waals surface area contributed by atoms with Crippen molar-refractivity contribution in [2.45, 2.75) is 52.7 Å². The summed E-state index contributed by atoms with van der Waals surface area (Å²) in [6, 6.07) is -0.331. The van der Waals surface area contributed by atoms with Crippen molar-refractivity contribution in [1.82, 2.24) is 4.90 Å². The average molecular weight is 269 g/mol. The fourth-order valence-electron chi connectivity index (χ4n) is 2.56. The average Bonchev–Trinajstić information content (AvgIpc) is 2.26. The second kappa shape index (κ2) is 5.63. The minimum Gasteiger partial charge on any atom is -0.465 e. The second-order valence-corrected chi connectivity index (χ2v) is 6.15. The molecule has 0 aromatic carbocycles. The molecule has 1 saturated heterocycles. The van der Waals surface area contributed by atoms with Gasteiger partial charge in [-0.05, 0) is 25.2 Å². The first-order valence-corrected chi connectivity index (χ1v) is 6.50. The number of piperidine rings is 1. The Labute approximate surface area is 114 Å². The third kappa shape index (κ3) is 3.72. The molecule has 0 aromatic heterocycles. The Balaban J connectivity index is 2.96. The Bertz CT molecular complexity index is 383. The smallest absolute Gasteiger partial charge is 0.407 e. The molecule has 0 bridgehead atoms. The molecule has 5 nitrogen and oxygen atoms in total. The lowest BCUT2D eigenvalue weighted by Gasteiger charge is -2.45. The third-order valence-electron chi connectivity index (χ3n) is 3.32. The number of esters is 1. The van der Waals surface area contributed by atoms with Crippen LogP contribution in [0.15, 0.2) is 12.2 Å². The summed E-state index contributed by atoms with van der Waals surface area (Å²) in [6.45, 7) is 11.5. The summed E-state index contributed by atoms with van der Waals surface area (Å²) in [4.78, 5) is 24.4. The number of ether oxygens (including phenoxy) is 1. The highest BCUT2D eigenvalue weighted by molar-refractivity contribution is 5.87. The van der Waals surface area contributed by atoms with E-state index in [-0.39, 0.29) is 11.5 Å². The lowest BCUT2D eigenvalue weighted by molar-refractivity contribution is -0.153. The van der Waals surface area contributed by atoms with Gasteiger partial charge < -0.3 is 14.7 Å². The summed E-state index contributed by atoms with van der Waals surface area (Å²) in [5.41, 5.74) is 0.0406. The summed E-state index contributed by atoms with van der Waals surface area (Å²) in [7, 11) is 0. The predicted octanol–water partition coefficient (Wildman–Crippen LogP) is 2.66. The van der Waals surface area contributed by atoms with E-state index in [9.17, 15) is 14.7 Å². The molecule has 0 saturated carbocycles. The van der Waals surface area contributed by atoms with E-state index in [1.807, 2.05) is 20.8 Å². The van der Waals surface area contributed by atoms with Gasteiger partial charge in [-0.25, -0.2) is 9.59 Å². The number of rotatable bonds is 2. The number of carboxylic acid groups (broad SMARTS) is 1. The molecule has 2 atom stereocenters. The van der Waals surface area contributed by atoms with Gasteiger partial charge in [-0.2, -0.15) is 0 Å². The molecule has 0 radical (unpaired) electrons. The van der Waals surface area contributed by atoms with Gasteiger partial charge >= 0.3 is 12.1 Å². The number of hydrogen-bond acceptors (Lipinski definition) is 3. The maximum absolute atomic E-state index is 11.7. The maximum Gasteiger partial charge on any atom is 0.407 e. The van der Waals surface area contributed by atoms with Crippen LogP contribution in [-0.2, 0) is 9.53 Å². The summed E-state index contributed by atoms with van der Waals surface area (Å²) in [5.74, 6) is -0.452. The molecule has 1 aliphatic rings. The first-order chi connectivity index (χ1) is 8.64. The standard InChI is InChI=1S/C14H23NO4/c1-9(2)12(16)19-10-7-6-8-15(13(17)18)11(10)14(3,4)5/h10-11H,1,6-8H2,2-5H3,(H,17,18). The Morgan fingerprint density at radius 1 is 1.37 bits per heavy atom. The van der Waals surface area contributed by atoms with Crippen molar-refractivity contribution >= 4 is 12.1 Å². The number of nitrogens with zero attached hydrogens (tertiary/aromatic N) is 1. The highest BCUT2D eigenvalue weighted by Gasteiger charge is 2.43.